The zero-order valence-electron chi connectivity index (χ0n) is 15.6. The van der Waals surface area contributed by atoms with E-state index in [4.69, 9.17) is 4.42 Å². The maximum atomic E-state index is 12.2. The summed E-state index contributed by atoms with van der Waals surface area (Å²) in [5.41, 5.74) is 2.46. The van der Waals surface area contributed by atoms with E-state index < -0.39 is 0 Å². The van der Waals surface area contributed by atoms with Crippen molar-refractivity contribution < 1.29 is 14.0 Å². The molecule has 0 unspecified atom stereocenters. The lowest BCUT2D eigenvalue weighted by molar-refractivity contribution is 0.0996. The van der Waals surface area contributed by atoms with Crippen LogP contribution in [0.2, 0.25) is 0 Å². The van der Waals surface area contributed by atoms with Crippen molar-refractivity contribution in [2.24, 2.45) is 0 Å². The molecule has 144 valence electrons. The fourth-order valence-electron chi connectivity index (χ4n) is 2.85. The highest BCUT2D eigenvalue weighted by molar-refractivity contribution is 6.02. The molecule has 2 aromatic carbocycles. The highest BCUT2D eigenvalue weighted by Crippen LogP contribution is 2.18. The number of anilines is 2. The molecule has 1 aromatic heterocycles. The lowest BCUT2D eigenvalue weighted by Gasteiger charge is -2.16. The van der Waals surface area contributed by atoms with E-state index in [0.717, 1.165) is 6.42 Å². The van der Waals surface area contributed by atoms with Gasteiger partial charge in [-0.3, -0.25) is 4.79 Å². The van der Waals surface area contributed by atoms with Crippen LogP contribution in [-0.4, -0.2) is 18.5 Å². The van der Waals surface area contributed by atoms with Gasteiger partial charge in [0.1, 0.15) is 0 Å². The highest BCUT2D eigenvalue weighted by atomic mass is 16.3. The van der Waals surface area contributed by atoms with E-state index in [1.807, 2.05) is 18.2 Å². The molecule has 0 aliphatic rings. The van der Waals surface area contributed by atoms with Gasteiger partial charge >= 0.3 is 6.03 Å². The molecule has 3 rings (SSSR count). The SMILES string of the molecule is CC[C@@H](CNC(=O)Nc1ccc(NC(=O)c2ccco2)cc1)c1ccccc1. The molecule has 3 aromatic rings. The molecule has 0 spiro atoms. The minimum atomic E-state index is -0.324. The Morgan fingerprint density at radius 3 is 2.18 bits per heavy atom. The summed E-state index contributed by atoms with van der Waals surface area (Å²) in [6.45, 7) is 2.66. The Balaban J connectivity index is 1.49. The van der Waals surface area contributed by atoms with Crippen LogP contribution in [-0.2, 0) is 0 Å². The van der Waals surface area contributed by atoms with E-state index in [0.29, 0.717) is 17.9 Å². The van der Waals surface area contributed by atoms with Crippen LogP contribution >= 0.6 is 0 Å². The molecule has 0 aliphatic heterocycles. The largest absolute Gasteiger partial charge is 0.459 e. The van der Waals surface area contributed by atoms with Crippen molar-refractivity contribution in [2.45, 2.75) is 19.3 Å². The van der Waals surface area contributed by atoms with Crippen LogP contribution in [0.15, 0.2) is 77.4 Å². The molecule has 1 heterocycles. The first-order chi connectivity index (χ1) is 13.7. The van der Waals surface area contributed by atoms with Crippen LogP contribution in [0.3, 0.4) is 0 Å². The summed E-state index contributed by atoms with van der Waals surface area (Å²) in [4.78, 5) is 24.1. The Kier molecular flexibility index (Phi) is 6.46. The van der Waals surface area contributed by atoms with Gasteiger partial charge in [-0.25, -0.2) is 4.79 Å². The molecule has 0 saturated carbocycles. The van der Waals surface area contributed by atoms with Crippen molar-refractivity contribution in [3.8, 4) is 0 Å². The second kappa shape index (κ2) is 9.41. The minimum absolute atomic E-state index is 0.241. The number of hydrogen-bond acceptors (Lipinski definition) is 3. The minimum Gasteiger partial charge on any atom is -0.459 e. The van der Waals surface area contributed by atoms with Crippen LogP contribution < -0.4 is 16.0 Å². The predicted octanol–water partition coefficient (Wildman–Crippen LogP) is 4.85. The van der Waals surface area contributed by atoms with Gasteiger partial charge in [-0.1, -0.05) is 37.3 Å². The molecular weight excluding hydrogens is 354 g/mol. The van der Waals surface area contributed by atoms with Crippen molar-refractivity contribution in [2.75, 3.05) is 17.2 Å². The van der Waals surface area contributed by atoms with Gasteiger partial charge in [-0.15, -0.1) is 0 Å². The van der Waals surface area contributed by atoms with Crippen LogP contribution in [0.5, 0.6) is 0 Å². The van der Waals surface area contributed by atoms with Gasteiger partial charge in [0.2, 0.25) is 0 Å². The van der Waals surface area contributed by atoms with Crippen molar-refractivity contribution in [3.05, 3.63) is 84.3 Å². The third-order valence-corrected chi connectivity index (χ3v) is 4.42. The van der Waals surface area contributed by atoms with Gasteiger partial charge in [0.25, 0.3) is 5.91 Å². The average molecular weight is 377 g/mol. The zero-order chi connectivity index (χ0) is 19.8. The topological polar surface area (TPSA) is 83.4 Å². The lowest BCUT2D eigenvalue weighted by atomic mass is 9.97. The first kappa shape index (κ1) is 19.2. The second-order valence-electron chi connectivity index (χ2n) is 6.36. The van der Waals surface area contributed by atoms with E-state index in [-0.39, 0.29) is 23.6 Å². The Bertz CT molecular complexity index is 891. The number of furan rings is 1. The molecule has 0 aliphatic carbocycles. The third-order valence-electron chi connectivity index (χ3n) is 4.42. The van der Waals surface area contributed by atoms with Crippen LogP contribution in [0, 0.1) is 0 Å². The van der Waals surface area contributed by atoms with Gasteiger partial charge in [0.05, 0.1) is 6.26 Å². The molecule has 6 nitrogen and oxygen atoms in total. The number of benzene rings is 2. The molecule has 3 N–H and O–H groups in total. The van der Waals surface area contributed by atoms with Gasteiger partial charge < -0.3 is 20.4 Å². The standard InChI is InChI=1S/C22H23N3O3/c1-2-16(17-7-4-3-5-8-17)15-23-22(27)25-19-12-10-18(11-13-19)24-21(26)20-9-6-14-28-20/h3-14,16H,2,15H2,1H3,(H,24,26)(H2,23,25,27)/t16-/m0/s1. The molecule has 6 heteroatoms. The van der Waals surface area contributed by atoms with Crippen molar-refractivity contribution in [1.82, 2.24) is 5.32 Å². The van der Waals surface area contributed by atoms with E-state index in [1.165, 1.54) is 11.8 Å². The summed E-state index contributed by atoms with van der Waals surface area (Å²) in [7, 11) is 0. The second-order valence-corrected chi connectivity index (χ2v) is 6.36. The smallest absolute Gasteiger partial charge is 0.319 e. The van der Waals surface area contributed by atoms with Gasteiger partial charge in [-0.2, -0.15) is 0 Å². The quantitative estimate of drug-likeness (QED) is 0.550. The average Bonchev–Trinajstić information content (AvgIpc) is 3.26. The fraction of sp³-hybridized carbons (Fsp3) is 0.182. The fourth-order valence-corrected chi connectivity index (χ4v) is 2.85. The molecule has 0 radical (unpaired) electrons. The monoisotopic (exact) mass is 377 g/mol. The van der Waals surface area contributed by atoms with Crippen LogP contribution in [0.1, 0.15) is 35.4 Å². The Morgan fingerprint density at radius 2 is 1.57 bits per heavy atom. The van der Waals surface area contributed by atoms with Gasteiger partial charge in [0, 0.05) is 23.8 Å². The summed E-state index contributed by atoms with van der Waals surface area (Å²) in [6, 6.07) is 20.0. The Morgan fingerprint density at radius 1 is 0.893 bits per heavy atom. The van der Waals surface area contributed by atoms with Crippen LogP contribution in [0.25, 0.3) is 0 Å². The number of carbonyl (C=O) groups is 2. The number of nitrogens with one attached hydrogen (secondary N) is 3. The summed E-state index contributed by atoms with van der Waals surface area (Å²) in [5, 5.41) is 8.44. The summed E-state index contributed by atoms with van der Waals surface area (Å²) >= 11 is 0. The zero-order valence-corrected chi connectivity index (χ0v) is 15.6. The predicted molar refractivity (Wildman–Crippen MR) is 110 cm³/mol. The molecule has 0 fully saturated rings. The molecule has 0 saturated heterocycles. The number of urea groups is 1. The molecular formula is C22H23N3O3. The molecule has 28 heavy (non-hydrogen) atoms. The molecule has 1 atom stereocenters. The first-order valence-corrected chi connectivity index (χ1v) is 9.20. The Hall–Kier alpha value is -3.54. The summed E-state index contributed by atoms with van der Waals surface area (Å²) < 4.78 is 5.05. The van der Waals surface area contributed by atoms with Crippen molar-refractivity contribution in [1.29, 1.82) is 0 Å². The van der Waals surface area contributed by atoms with Crippen molar-refractivity contribution in [3.63, 3.8) is 0 Å². The van der Waals surface area contributed by atoms with E-state index >= 15 is 0 Å². The van der Waals surface area contributed by atoms with Gasteiger partial charge in [0.15, 0.2) is 5.76 Å². The number of hydrogen-bond donors (Lipinski definition) is 3. The van der Waals surface area contributed by atoms with Crippen molar-refractivity contribution >= 4 is 23.3 Å². The summed E-state index contributed by atoms with van der Waals surface area (Å²) in [5.74, 6) is 0.187. The summed E-state index contributed by atoms with van der Waals surface area (Å²) in [6.07, 6.45) is 2.38. The molecule has 3 amide bonds. The van der Waals surface area contributed by atoms with E-state index in [9.17, 15) is 9.59 Å². The highest BCUT2D eigenvalue weighted by Gasteiger charge is 2.11. The number of carbonyl (C=O) groups excluding carboxylic acids is 2. The first-order valence-electron chi connectivity index (χ1n) is 9.20. The van der Waals surface area contributed by atoms with Gasteiger partial charge in [-0.05, 0) is 48.4 Å². The Labute approximate surface area is 164 Å². The van der Waals surface area contributed by atoms with E-state index in [1.54, 1.807) is 36.4 Å². The normalized spacial score (nSPS) is 11.5. The lowest BCUT2D eigenvalue weighted by Crippen LogP contribution is -2.32. The number of amides is 3. The van der Waals surface area contributed by atoms with E-state index in [2.05, 4.69) is 35.0 Å². The molecule has 0 bridgehead atoms. The maximum absolute atomic E-state index is 12.2. The third kappa shape index (κ3) is 5.23. The maximum Gasteiger partial charge on any atom is 0.319 e. The number of rotatable bonds is 7. The van der Waals surface area contributed by atoms with Crippen LogP contribution in [0.4, 0.5) is 16.2 Å².